The summed E-state index contributed by atoms with van der Waals surface area (Å²) in [5.74, 6) is -0.564. The van der Waals surface area contributed by atoms with Gasteiger partial charge in [0.15, 0.2) is 11.6 Å². The van der Waals surface area contributed by atoms with Crippen LogP contribution in [0, 0.1) is 23.0 Å². The van der Waals surface area contributed by atoms with E-state index in [1.54, 1.807) is 0 Å². The summed E-state index contributed by atoms with van der Waals surface area (Å²) in [5, 5.41) is 10.9. The lowest BCUT2D eigenvalue weighted by Gasteiger charge is -2.41. The molecule has 10 nitrogen and oxygen atoms in total. The molecule has 1 aromatic carbocycles. The van der Waals surface area contributed by atoms with E-state index in [1.807, 2.05) is 6.92 Å². The first-order chi connectivity index (χ1) is 21.7. The van der Waals surface area contributed by atoms with E-state index in [1.165, 1.54) is 0 Å². The van der Waals surface area contributed by atoms with Gasteiger partial charge in [0, 0.05) is 42.2 Å². The predicted octanol–water partition coefficient (Wildman–Crippen LogP) is 4.81. The molecule has 4 unspecified atom stereocenters. The molecule has 8 rings (SSSR count). The number of ether oxygens (including phenoxy) is 2. The Morgan fingerprint density at radius 1 is 1.11 bits per heavy atom. The van der Waals surface area contributed by atoms with Crippen molar-refractivity contribution in [3.8, 4) is 23.3 Å². The molecule has 234 valence electrons. The molecule has 4 aliphatic rings. The van der Waals surface area contributed by atoms with Crippen molar-refractivity contribution in [3.63, 3.8) is 0 Å². The quantitative estimate of drug-likeness (QED) is 0.329. The van der Waals surface area contributed by atoms with E-state index in [0.717, 1.165) is 68.4 Å². The van der Waals surface area contributed by atoms with Crippen molar-refractivity contribution in [2.75, 3.05) is 44.4 Å². The lowest BCUT2D eigenvalue weighted by molar-refractivity contribution is 0.112. The molecule has 2 bridgehead atoms. The number of hydrogen-bond acceptors (Lipinski definition) is 11. The van der Waals surface area contributed by atoms with Crippen molar-refractivity contribution < 1.29 is 18.3 Å². The summed E-state index contributed by atoms with van der Waals surface area (Å²) < 4.78 is 44.8. The zero-order valence-corrected chi connectivity index (χ0v) is 26.3. The summed E-state index contributed by atoms with van der Waals surface area (Å²) in [6.07, 6.45) is 4.98. The molecule has 4 aliphatic heterocycles. The molecule has 4 aromatic rings. The number of nitrogens with zero attached hydrogens (tertiary/aromatic N) is 7. The fourth-order valence-corrected chi connectivity index (χ4v) is 9.02. The van der Waals surface area contributed by atoms with Gasteiger partial charge in [0.05, 0.1) is 40.8 Å². The fourth-order valence-electron chi connectivity index (χ4n) is 8.10. The Labute approximate surface area is 263 Å². The Morgan fingerprint density at radius 2 is 1.87 bits per heavy atom. The average molecular weight is 633 g/mol. The van der Waals surface area contributed by atoms with E-state index < -0.39 is 11.6 Å². The summed E-state index contributed by atoms with van der Waals surface area (Å²) in [4.78, 5) is 21.1. The molecule has 0 aliphatic carbocycles. The van der Waals surface area contributed by atoms with Crippen molar-refractivity contribution in [2.45, 2.75) is 70.1 Å². The largest absolute Gasteiger partial charge is 0.459 e. The van der Waals surface area contributed by atoms with Gasteiger partial charge in [0.2, 0.25) is 0 Å². The highest BCUT2D eigenvalue weighted by Gasteiger charge is 2.42. The van der Waals surface area contributed by atoms with Crippen LogP contribution >= 0.6 is 11.3 Å². The number of likely N-dealkylation sites (tertiary alicyclic amines) is 2. The molecule has 4 atom stereocenters. The minimum Gasteiger partial charge on any atom is -0.459 e. The summed E-state index contributed by atoms with van der Waals surface area (Å²) >= 11 is 0.958. The van der Waals surface area contributed by atoms with Crippen molar-refractivity contribution in [3.05, 3.63) is 34.5 Å². The van der Waals surface area contributed by atoms with Crippen LogP contribution in [-0.2, 0) is 18.0 Å². The number of nitrogen functional groups attached to an aromatic ring is 1. The molecule has 45 heavy (non-hydrogen) atoms. The predicted molar refractivity (Wildman–Crippen MR) is 168 cm³/mol. The number of pyridine rings is 1. The Kier molecular flexibility index (Phi) is 6.83. The van der Waals surface area contributed by atoms with Gasteiger partial charge in [-0.1, -0.05) is 0 Å². The van der Waals surface area contributed by atoms with Gasteiger partial charge < -0.3 is 25.0 Å². The maximum atomic E-state index is 17.3. The molecule has 2 N–H and O–H groups in total. The SMILES string of the molecule is CC(Oc1nc(N2C3CCC2CN(C)C3)c2c3c(c(-c4ncc(F)c5sc(N)c(C#N)c45)c(F)c2n1)COC3)C1CCCN1C. The van der Waals surface area contributed by atoms with E-state index in [-0.39, 0.29) is 80.9 Å². The van der Waals surface area contributed by atoms with Gasteiger partial charge in [0.1, 0.15) is 28.5 Å². The summed E-state index contributed by atoms with van der Waals surface area (Å²) in [5.41, 5.74) is 8.01. The van der Waals surface area contributed by atoms with E-state index in [0.29, 0.717) is 16.8 Å². The van der Waals surface area contributed by atoms with Crippen LogP contribution in [0.2, 0.25) is 0 Å². The van der Waals surface area contributed by atoms with Gasteiger partial charge >= 0.3 is 6.01 Å². The zero-order chi connectivity index (χ0) is 31.1. The second-order valence-corrected chi connectivity index (χ2v) is 13.9. The van der Waals surface area contributed by atoms with Crippen LogP contribution in [0.1, 0.15) is 49.3 Å². The minimum atomic E-state index is -0.621. The molecular weight excluding hydrogens is 598 g/mol. The van der Waals surface area contributed by atoms with Crippen molar-refractivity contribution >= 4 is 43.1 Å². The van der Waals surface area contributed by atoms with Crippen molar-refractivity contribution in [1.29, 1.82) is 5.26 Å². The van der Waals surface area contributed by atoms with E-state index in [9.17, 15) is 9.65 Å². The number of likely N-dealkylation sites (N-methyl/N-ethyl adjacent to an activating group) is 2. The van der Waals surface area contributed by atoms with Gasteiger partial charge in [-0.3, -0.25) is 9.88 Å². The number of rotatable bonds is 5. The molecule has 3 fully saturated rings. The van der Waals surface area contributed by atoms with E-state index >= 15 is 4.39 Å². The third kappa shape index (κ3) is 4.37. The monoisotopic (exact) mass is 632 g/mol. The van der Waals surface area contributed by atoms with Crippen molar-refractivity contribution in [1.82, 2.24) is 24.8 Å². The molecule has 0 spiro atoms. The first-order valence-electron chi connectivity index (χ1n) is 15.5. The number of anilines is 2. The standard InChI is InChI=1S/C32H34F2N8O2S/c1-15(22-5-4-8-41(22)3)44-32-38-28-25(31(39-32)42-16-6-7-17(42)12-40(2)11-16)20-14-43-13-19(20)23(26(28)34)27-24-18(9-35)30(36)45-29(24)21(33)10-37-27/h10,15-17,22H,4-8,11-14,36H2,1-3H3. The number of fused-ring (bicyclic) bond motifs is 6. The fraction of sp³-hybridized carbons (Fsp3) is 0.500. The maximum Gasteiger partial charge on any atom is 0.319 e. The number of benzene rings is 1. The third-order valence-electron chi connectivity index (χ3n) is 10.1. The Hall–Kier alpha value is -3.70. The molecule has 3 aromatic heterocycles. The van der Waals surface area contributed by atoms with Crippen LogP contribution in [0.4, 0.5) is 19.6 Å². The normalized spacial score (nSPS) is 24.1. The highest BCUT2D eigenvalue weighted by molar-refractivity contribution is 7.23. The molecule has 3 saturated heterocycles. The molecule has 7 heterocycles. The lowest BCUT2D eigenvalue weighted by Crippen LogP contribution is -2.53. The summed E-state index contributed by atoms with van der Waals surface area (Å²) in [6, 6.07) is 2.86. The highest BCUT2D eigenvalue weighted by Crippen LogP contribution is 2.48. The first-order valence-corrected chi connectivity index (χ1v) is 16.3. The zero-order valence-electron chi connectivity index (χ0n) is 25.4. The Bertz CT molecular complexity index is 1900. The van der Waals surface area contributed by atoms with Crippen LogP contribution < -0.4 is 15.4 Å². The van der Waals surface area contributed by atoms with Crippen molar-refractivity contribution in [2.24, 2.45) is 0 Å². The maximum absolute atomic E-state index is 17.3. The molecule has 0 saturated carbocycles. The smallest absolute Gasteiger partial charge is 0.319 e. The number of aromatic nitrogens is 3. The molecule has 0 radical (unpaired) electrons. The van der Waals surface area contributed by atoms with Gasteiger partial charge in [0.25, 0.3) is 0 Å². The molecule has 13 heteroatoms. The number of hydrogen-bond donors (Lipinski definition) is 1. The first kappa shape index (κ1) is 28.8. The topological polar surface area (TPSA) is 117 Å². The molecule has 0 amide bonds. The van der Waals surface area contributed by atoms with Gasteiger partial charge in [-0.05, 0) is 64.4 Å². The lowest BCUT2D eigenvalue weighted by atomic mass is 9.93. The summed E-state index contributed by atoms with van der Waals surface area (Å²) in [7, 11) is 4.22. The molecular formula is C32H34F2N8O2S. The number of halogens is 2. The van der Waals surface area contributed by atoms with Crippen LogP contribution in [0.15, 0.2) is 6.20 Å². The van der Waals surface area contributed by atoms with Gasteiger partial charge in [-0.25, -0.2) is 8.78 Å². The second-order valence-electron chi connectivity index (χ2n) is 12.8. The number of piperazine rings is 1. The Balaban J connectivity index is 1.39. The second kappa shape index (κ2) is 10.7. The number of thiophene rings is 1. The van der Waals surface area contributed by atoms with Crippen LogP contribution in [-0.4, -0.2) is 82.7 Å². The summed E-state index contributed by atoms with van der Waals surface area (Å²) in [6.45, 7) is 5.15. The third-order valence-corrected chi connectivity index (χ3v) is 11.1. The van der Waals surface area contributed by atoms with E-state index in [4.69, 9.17) is 25.2 Å². The van der Waals surface area contributed by atoms with Gasteiger partial charge in [-0.2, -0.15) is 15.2 Å². The van der Waals surface area contributed by atoms with Gasteiger partial charge in [-0.15, -0.1) is 11.3 Å². The minimum absolute atomic E-state index is 0.0834. The average Bonchev–Trinajstić information content (AvgIpc) is 3.79. The number of nitriles is 1. The van der Waals surface area contributed by atoms with Crippen LogP contribution in [0.5, 0.6) is 6.01 Å². The van der Waals surface area contributed by atoms with Crippen LogP contribution in [0.3, 0.4) is 0 Å². The highest BCUT2D eigenvalue weighted by atomic mass is 32.1. The van der Waals surface area contributed by atoms with Crippen LogP contribution in [0.25, 0.3) is 32.2 Å². The Morgan fingerprint density at radius 3 is 2.58 bits per heavy atom. The van der Waals surface area contributed by atoms with E-state index in [2.05, 4.69) is 39.8 Å². The number of nitrogens with two attached hydrogens (primary N) is 1.